The fourth-order valence-electron chi connectivity index (χ4n) is 3.09. The van der Waals surface area contributed by atoms with Crippen molar-refractivity contribution < 1.29 is 32.6 Å². The number of methoxy groups -OCH3 is 1. The largest absolute Gasteiger partial charge is 0.508 e. The maximum atomic E-state index is 13.1. The SMILES string of the molecule is COC(=O)C1=C(C)N(c2cccc(C(F)(F)F)c2)C(=O)/C1=C\c1cccc(O)c1. The number of hydrogen-bond donors (Lipinski definition) is 1. The van der Waals surface area contributed by atoms with E-state index in [0.717, 1.165) is 24.1 Å². The number of esters is 1. The molecule has 0 saturated heterocycles. The number of anilines is 1. The monoisotopic (exact) mass is 403 g/mol. The Hall–Kier alpha value is -3.55. The zero-order chi connectivity index (χ0) is 21.3. The number of hydrogen-bond acceptors (Lipinski definition) is 4. The Morgan fingerprint density at radius 2 is 1.83 bits per heavy atom. The van der Waals surface area contributed by atoms with Crippen molar-refractivity contribution in [1.82, 2.24) is 0 Å². The van der Waals surface area contributed by atoms with Gasteiger partial charge in [-0.05, 0) is 48.9 Å². The Morgan fingerprint density at radius 1 is 1.14 bits per heavy atom. The van der Waals surface area contributed by atoms with Gasteiger partial charge in [0.05, 0.1) is 23.8 Å². The highest BCUT2D eigenvalue weighted by Gasteiger charge is 2.39. The minimum atomic E-state index is -4.58. The molecule has 0 atom stereocenters. The van der Waals surface area contributed by atoms with Crippen LogP contribution in [0.3, 0.4) is 0 Å². The van der Waals surface area contributed by atoms with E-state index in [1.807, 2.05) is 0 Å². The van der Waals surface area contributed by atoms with Crippen LogP contribution in [0, 0.1) is 0 Å². The molecule has 5 nitrogen and oxygen atoms in total. The maximum absolute atomic E-state index is 13.1. The van der Waals surface area contributed by atoms with Gasteiger partial charge in [0.2, 0.25) is 0 Å². The highest BCUT2D eigenvalue weighted by Crippen LogP contribution is 2.38. The zero-order valence-electron chi connectivity index (χ0n) is 15.4. The summed E-state index contributed by atoms with van der Waals surface area (Å²) < 4.78 is 44.0. The van der Waals surface area contributed by atoms with Gasteiger partial charge in [0.1, 0.15) is 5.75 Å². The van der Waals surface area contributed by atoms with Crippen LogP contribution in [-0.4, -0.2) is 24.1 Å². The number of phenolic OH excluding ortho intramolecular Hbond substituents is 1. The first kappa shape index (κ1) is 20.2. The summed E-state index contributed by atoms with van der Waals surface area (Å²) in [5, 5.41) is 9.63. The van der Waals surface area contributed by atoms with Crippen LogP contribution in [0.2, 0.25) is 0 Å². The quantitative estimate of drug-likeness (QED) is 0.613. The maximum Gasteiger partial charge on any atom is 0.416 e. The van der Waals surface area contributed by atoms with E-state index in [2.05, 4.69) is 0 Å². The number of benzene rings is 2. The molecule has 2 aromatic carbocycles. The topological polar surface area (TPSA) is 66.8 Å². The van der Waals surface area contributed by atoms with Gasteiger partial charge >= 0.3 is 12.1 Å². The summed E-state index contributed by atoms with van der Waals surface area (Å²) in [5.41, 5.74) is -0.458. The van der Waals surface area contributed by atoms with Gasteiger partial charge in [-0.25, -0.2) is 4.79 Å². The highest BCUT2D eigenvalue weighted by atomic mass is 19.4. The van der Waals surface area contributed by atoms with Crippen LogP contribution in [0.25, 0.3) is 6.08 Å². The van der Waals surface area contributed by atoms with Crippen LogP contribution in [0.4, 0.5) is 18.9 Å². The minimum Gasteiger partial charge on any atom is -0.508 e. The lowest BCUT2D eigenvalue weighted by molar-refractivity contribution is -0.137. The predicted molar refractivity (Wildman–Crippen MR) is 99.7 cm³/mol. The minimum absolute atomic E-state index is 0.0250. The molecule has 0 unspecified atom stereocenters. The summed E-state index contributed by atoms with van der Waals surface area (Å²) in [6.07, 6.45) is -3.20. The Bertz CT molecular complexity index is 1050. The molecule has 3 rings (SSSR count). The molecule has 2 aromatic rings. The van der Waals surface area contributed by atoms with Crippen molar-refractivity contribution in [2.45, 2.75) is 13.1 Å². The van der Waals surface area contributed by atoms with Crippen molar-refractivity contribution in [2.75, 3.05) is 12.0 Å². The van der Waals surface area contributed by atoms with Gasteiger partial charge in [-0.2, -0.15) is 13.2 Å². The van der Waals surface area contributed by atoms with Crippen LogP contribution in [0.5, 0.6) is 5.75 Å². The molecule has 0 radical (unpaired) electrons. The van der Waals surface area contributed by atoms with Crippen LogP contribution < -0.4 is 4.90 Å². The van der Waals surface area contributed by atoms with Crippen molar-refractivity contribution in [2.24, 2.45) is 0 Å². The third-order valence-electron chi connectivity index (χ3n) is 4.40. The van der Waals surface area contributed by atoms with Gasteiger partial charge in [0, 0.05) is 11.4 Å². The Kier molecular flexibility index (Phi) is 5.19. The summed E-state index contributed by atoms with van der Waals surface area (Å²) in [6.45, 7) is 1.45. The number of carbonyl (C=O) groups excluding carboxylic acids is 2. The molecule has 1 amide bonds. The number of amides is 1. The van der Waals surface area contributed by atoms with Gasteiger partial charge in [-0.1, -0.05) is 18.2 Å². The number of aromatic hydroxyl groups is 1. The zero-order valence-corrected chi connectivity index (χ0v) is 15.4. The Labute approximate surface area is 164 Å². The second-order valence-corrected chi connectivity index (χ2v) is 6.29. The van der Waals surface area contributed by atoms with E-state index in [-0.39, 0.29) is 28.3 Å². The van der Waals surface area contributed by atoms with Crippen molar-refractivity contribution in [1.29, 1.82) is 0 Å². The summed E-state index contributed by atoms with van der Waals surface area (Å²) in [7, 11) is 1.14. The normalized spacial score (nSPS) is 16.0. The molecule has 1 aliphatic heterocycles. The second kappa shape index (κ2) is 7.46. The van der Waals surface area contributed by atoms with Crippen LogP contribution in [-0.2, 0) is 20.5 Å². The van der Waals surface area contributed by atoms with Crippen molar-refractivity contribution in [3.8, 4) is 5.75 Å². The number of nitrogens with zero attached hydrogens (tertiary/aromatic N) is 1. The first-order chi connectivity index (χ1) is 13.6. The molecule has 150 valence electrons. The summed E-state index contributed by atoms with van der Waals surface area (Å²) in [5.74, 6) is -1.51. The average Bonchev–Trinajstić information content (AvgIpc) is 2.90. The summed E-state index contributed by atoms with van der Waals surface area (Å²) in [6, 6.07) is 10.3. The number of phenols is 1. The first-order valence-electron chi connectivity index (χ1n) is 8.45. The molecule has 8 heteroatoms. The van der Waals surface area contributed by atoms with Crippen LogP contribution in [0.15, 0.2) is 65.4 Å². The molecular weight excluding hydrogens is 387 g/mol. The Morgan fingerprint density at radius 3 is 2.45 bits per heavy atom. The first-order valence-corrected chi connectivity index (χ1v) is 8.45. The molecule has 29 heavy (non-hydrogen) atoms. The molecule has 0 bridgehead atoms. The third kappa shape index (κ3) is 3.87. The number of carbonyl (C=O) groups is 2. The van der Waals surface area contributed by atoms with E-state index in [9.17, 15) is 27.9 Å². The fourth-order valence-corrected chi connectivity index (χ4v) is 3.09. The van der Waals surface area contributed by atoms with Crippen molar-refractivity contribution >= 4 is 23.6 Å². The molecule has 0 saturated carbocycles. The standard InChI is InChI=1S/C21H16F3NO4/c1-12-18(20(28)29-2)17(10-13-5-3-8-16(26)9-13)19(27)25(12)15-7-4-6-14(11-15)21(22,23)24/h3-11,26H,1-2H3/b17-10-. The van der Waals surface area contributed by atoms with Gasteiger partial charge in [0.15, 0.2) is 0 Å². The van der Waals surface area contributed by atoms with Crippen LogP contribution >= 0.6 is 0 Å². The third-order valence-corrected chi connectivity index (χ3v) is 4.40. The second-order valence-electron chi connectivity index (χ2n) is 6.29. The van der Waals surface area contributed by atoms with E-state index in [4.69, 9.17) is 4.74 Å². The molecule has 1 aliphatic rings. The number of ether oxygens (including phenoxy) is 1. The van der Waals surface area contributed by atoms with E-state index in [1.165, 1.54) is 37.3 Å². The van der Waals surface area contributed by atoms with Gasteiger partial charge < -0.3 is 9.84 Å². The van der Waals surface area contributed by atoms with E-state index in [1.54, 1.807) is 12.1 Å². The average molecular weight is 403 g/mol. The molecular formula is C21H16F3NO4. The van der Waals surface area contributed by atoms with Crippen LogP contribution in [0.1, 0.15) is 18.1 Å². The van der Waals surface area contributed by atoms with Gasteiger partial charge in [-0.3, -0.25) is 9.69 Å². The lowest BCUT2D eigenvalue weighted by Crippen LogP contribution is -2.24. The molecule has 0 fully saturated rings. The number of rotatable bonds is 3. The molecule has 1 heterocycles. The number of halogens is 3. The lowest BCUT2D eigenvalue weighted by Gasteiger charge is -2.19. The molecule has 0 spiro atoms. The lowest BCUT2D eigenvalue weighted by atomic mass is 10.0. The van der Waals surface area contributed by atoms with Crippen molar-refractivity contribution in [3.05, 3.63) is 76.5 Å². The van der Waals surface area contributed by atoms with E-state index >= 15 is 0 Å². The summed E-state index contributed by atoms with van der Waals surface area (Å²) >= 11 is 0. The Balaban J connectivity index is 2.15. The van der Waals surface area contributed by atoms with E-state index < -0.39 is 23.6 Å². The van der Waals surface area contributed by atoms with Gasteiger partial charge in [0.25, 0.3) is 5.91 Å². The number of alkyl halides is 3. The molecule has 0 aliphatic carbocycles. The predicted octanol–water partition coefficient (Wildman–Crippen LogP) is 4.29. The smallest absolute Gasteiger partial charge is 0.416 e. The van der Waals surface area contributed by atoms with Gasteiger partial charge in [-0.15, -0.1) is 0 Å². The highest BCUT2D eigenvalue weighted by molar-refractivity contribution is 6.23. The fraction of sp³-hybridized carbons (Fsp3) is 0.143. The number of allylic oxidation sites excluding steroid dienone is 1. The molecule has 0 aromatic heterocycles. The summed E-state index contributed by atoms with van der Waals surface area (Å²) in [4.78, 5) is 26.4. The van der Waals surface area contributed by atoms with Crippen molar-refractivity contribution in [3.63, 3.8) is 0 Å². The van der Waals surface area contributed by atoms with E-state index in [0.29, 0.717) is 5.56 Å². The molecule has 1 N–H and O–H groups in total.